The highest BCUT2D eigenvalue weighted by molar-refractivity contribution is 6.29. The molecule has 0 fully saturated rings. The fourth-order valence-corrected chi connectivity index (χ4v) is 1.44. The van der Waals surface area contributed by atoms with E-state index in [-0.39, 0.29) is 10.7 Å². The smallest absolute Gasteiger partial charge is 0.275 e. The number of aromatic amines is 1. The molecule has 7 heteroatoms. The minimum absolute atomic E-state index is 0.165. The zero-order valence-corrected chi connectivity index (χ0v) is 9.11. The molecular weight excluding hydrogens is 230 g/mol. The molecule has 0 bridgehead atoms. The average Bonchev–Trinajstić information content (AvgIpc) is 2.63. The molecule has 2 heterocycles. The van der Waals surface area contributed by atoms with Crippen LogP contribution in [-0.2, 0) is 6.42 Å². The Morgan fingerprint density at radius 1 is 1.44 bits per heavy atom. The van der Waals surface area contributed by atoms with Crippen LogP contribution in [0.5, 0.6) is 0 Å². The first kappa shape index (κ1) is 10.8. The number of nitrogens with one attached hydrogen (secondary N) is 1. The summed E-state index contributed by atoms with van der Waals surface area (Å²) in [6, 6.07) is 3.18. The average molecular weight is 240 g/mol. The van der Waals surface area contributed by atoms with Gasteiger partial charge in [0, 0.05) is 11.8 Å². The first-order valence-corrected chi connectivity index (χ1v) is 5.09. The van der Waals surface area contributed by atoms with E-state index in [9.17, 15) is 4.79 Å². The normalized spacial score (nSPS) is 10.6. The lowest BCUT2D eigenvalue weighted by atomic mass is 10.2. The van der Waals surface area contributed by atoms with Gasteiger partial charge in [-0.1, -0.05) is 11.6 Å². The summed E-state index contributed by atoms with van der Waals surface area (Å²) in [5, 5.41) is 10.5. The van der Waals surface area contributed by atoms with Crippen molar-refractivity contribution in [2.75, 3.05) is 6.54 Å². The standard InChI is InChI=1S/C9H10ClN5O/c10-7-1-2-8(14-13-7)15-9(16)6(3-4-11)5-12-15/h1-2,5,12H,3-4,11H2. The molecule has 0 atom stereocenters. The van der Waals surface area contributed by atoms with Gasteiger partial charge in [0.15, 0.2) is 11.0 Å². The van der Waals surface area contributed by atoms with Crippen molar-refractivity contribution >= 4 is 11.6 Å². The monoisotopic (exact) mass is 239 g/mol. The van der Waals surface area contributed by atoms with Crippen LogP contribution in [0.1, 0.15) is 5.56 Å². The van der Waals surface area contributed by atoms with Gasteiger partial charge < -0.3 is 5.73 Å². The van der Waals surface area contributed by atoms with Gasteiger partial charge in [0.1, 0.15) is 0 Å². The number of halogens is 1. The van der Waals surface area contributed by atoms with Gasteiger partial charge in [-0.15, -0.1) is 10.2 Å². The molecule has 0 amide bonds. The van der Waals surface area contributed by atoms with Crippen molar-refractivity contribution in [1.29, 1.82) is 0 Å². The van der Waals surface area contributed by atoms with Crippen molar-refractivity contribution in [3.63, 3.8) is 0 Å². The lowest BCUT2D eigenvalue weighted by Crippen LogP contribution is -2.20. The van der Waals surface area contributed by atoms with Crippen molar-refractivity contribution < 1.29 is 0 Å². The molecule has 0 unspecified atom stereocenters. The summed E-state index contributed by atoms with van der Waals surface area (Å²) < 4.78 is 1.30. The van der Waals surface area contributed by atoms with Crippen LogP contribution in [0.25, 0.3) is 5.82 Å². The Labute approximate surface area is 96.0 Å². The molecule has 0 saturated heterocycles. The fourth-order valence-electron chi connectivity index (χ4n) is 1.34. The van der Waals surface area contributed by atoms with Gasteiger partial charge in [0.2, 0.25) is 0 Å². The van der Waals surface area contributed by atoms with Gasteiger partial charge in [0.25, 0.3) is 5.56 Å². The zero-order valence-electron chi connectivity index (χ0n) is 8.35. The summed E-state index contributed by atoms with van der Waals surface area (Å²) in [6.45, 7) is 0.430. The molecule has 0 radical (unpaired) electrons. The van der Waals surface area contributed by atoms with Crippen LogP contribution in [0.4, 0.5) is 0 Å². The Bertz CT molecular complexity index is 530. The van der Waals surface area contributed by atoms with E-state index in [1.807, 2.05) is 0 Å². The van der Waals surface area contributed by atoms with Crippen LogP contribution in [-0.4, -0.2) is 26.5 Å². The maximum Gasteiger partial charge on any atom is 0.275 e. The lowest BCUT2D eigenvalue weighted by molar-refractivity contribution is 0.788. The second-order valence-corrected chi connectivity index (χ2v) is 3.58. The van der Waals surface area contributed by atoms with Crippen molar-refractivity contribution in [2.45, 2.75) is 6.42 Å². The molecule has 2 aromatic rings. The lowest BCUT2D eigenvalue weighted by Gasteiger charge is -1.98. The van der Waals surface area contributed by atoms with Gasteiger partial charge >= 0.3 is 0 Å². The zero-order chi connectivity index (χ0) is 11.5. The summed E-state index contributed by atoms with van der Waals surface area (Å²) >= 11 is 5.61. The SMILES string of the molecule is NCCc1c[nH]n(-c2ccc(Cl)nn2)c1=O. The van der Waals surface area contributed by atoms with E-state index in [1.165, 1.54) is 4.68 Å². The fraction of sp³-hybridized carbons (Fsp3) is 0.222. The molecule has 16 heavy (non-hydrogen) atoms. The molecule has 2 rings (SSSR count). The van der Waals surface area contributed by atoms with Crippen molar-refractivity contribution in [1.82, 2.24) is 20.0 Å². The van der Waals surface area contributed by atoms with Crippen molar-refractivity contribution in [2.24, 2.45) is 5.73 Å². The summed E-state index contributed by atoms with van der Waals surface area (Å²) in [6.07, 6.45) is 2.15. The van der Waals surface area contributed by atoms with Crippen LogP contribution in [0.15, 0.2) is 23.1 Å². The first-order valence-electron chi connectivity index (χ1n) is 4.71. The topological polar surface area (TPSA) is 89.6 Å². The maximum absolute atomic E-state index is 11.8. The number of rotatable bonds is 3. The predicted molar refractivity (Wildman–Crippen MR) is 59.7 cm³/mol. The molecule has 6 nitrogen and oxygen atoms in total. The minimum Gasteiger partial charge on any atom is -0.330 e. The van der Waals surface area contributed by atoms with Crippen molar-refractivity contribution in [3.05, 3.63) is 39.4 Å². The van der Waals surface area contributed by atoms with E-state index < -0.39 is 0 Å². The highest BCUT2D eigenvalue weighted by atomic mass is 35.5. The van der Waals surface area contributed by atoms with Gasteiger partial charge in [-0.2, -0.15) is 4.68 Å². The third-order valence-electron chi connectivity index (χ3n) is 2.11. The number of nitrogens with two attached hydrogens (primary N) is 1. The van der Waals surface area contributed by atoms with Gasteiger partial charge in [-0.25, -0.2) is 0 Å². The molecule has 3 N–H and O–H groups in total. The summed E-state index contributed by atoms with van der Waals surface area (Å²) in [7, 11) is 0. The minimum atomic E-state index is -0.165. The largest absolute Gasteiger partial charge is 0.330 e. The number of hydrogen-bond donors (Lipinski definition) is 2. The Balaban J connectivity index is 2.41. The van der Waals surface area contributed by atoms with E-state index in [0.717, 1.165) is 0 Å². The Kier molecular flexibility index (Phi) is 3.02. The Morgan fingerprint density at radius 3 is 2.88 bits per heavy atom. The number of H-pyrrole nitrogens is 1. The van der Waals surface area contributed by atoms with E-state index in [0.29, 0.717) is 24.3 Å². The van der Waals surface area contributed by atoms with Crippen LogP contribution in [0.3, 0.4) is 0 Å². The van der Waals surface area contributed by atoms with Crippen LogP contribution in [0, 0.1) is 0 Å². The molecular formula is C9H10ClN5O. The van der Waals surface area contributed by atoms with Crippen LogP contribution in [0.2, 0.25) is 5.15 Å². The molecule has 0 aliphatic rings. The van der Waals surface area contributed by atoms with Gasteiger partial charge in [0.05, 0.1) is 0 Å². The molecule has 84 valence electrons. The van der Waals surface area contributed by atoms with E-state index in [1.54, 1.807) is 18.3 Å². The summed E-state index contributed by atoms with van der Waals surface area (Å²) in [4.78, 5) is 11.8. The van der Waals surface area contributed by atoms with Gasteiger partial charge in [-0.05, 0) is 25.1 Å². The summed E-state index contributed by atoms with van der Waals surface area (Å²) in [5.41, 5.74) is 5.85. The highest BCUT2D eigenvalue weighted by Gasteiger charge is 2.08. The molecule has 0 aliphatic carbocycles. The molecule has 0 spiro atoms. The molecule has 0 aromatic carbocycles. The second kappa shape index (κ2) is 4.46. The highest BCUT2D eigenvalue weighted by Crippen LogP contribution is 2.04. The number of hydrogen-bond acceptors (Lipinski definition) is 4. The Morgan fingerprint density at radius 2 is 2.25 bits per heavy atom. The van der Waals surface area contributed by atoms with E-state index in [2.05, 4.69) is 15.3 Å². The number of aromatic nitrogens is 4. The first-order chi connectivity index (χ1) is 7.72. The Hall–Kier alpha value is -1.66. The third-order valence-corrected chi connectivity index (χ3v) is 2.31. The van der Waals surface area contributed by atoms with Gasteiger partial charge in [-0.3, -0.25) is 9.89 Å². The molecule has 0 aliphatic heterocycles. The number of nitrogens with zero attached hydrogens (tertiary/aromatic N) is 3. The second-order valence-electron chi connectivity index (χ2n) is 3.19. The van der Waals surface area contributed by atoms with Crippen LogP contribution >= 0.6 is 11.6 Å². The van der Waals surface area contributed by atoms with Crippen molar-refractivity contribution in [3.8, 4) is 5.82 Å². The van der Waals surface area contributed by atoms with Crippen LogP contribution < -0.4 is 11.3 Å². The quantitative estimate of drug-likeness (QED) is 0.796. The third kappa shape index (κ3) is 1.98. The summed E-state index contributed by atoms with van der Waals surface area (Å²) in [5.74, 6) is 0.401. The van der Waals surface area contributed by atoms with E-state index in [4.69, 9.17) is 17.3 Å². The molecule has 2 aromatic heterocycles. The maximum atomic E-state index is 11.8. The van der Waals surface area contributed by atoms with E-state index >= 15 is 0 Å². The molecule has 0 saturated carbocycles. The predicted octanol–water partition coefficient (Wildman–Crippen LogP) is 0.110.